The Morgan fingerprint density at radius 3 is 2.50 bits per heavy atom. The van der Waals surface area contributed by atoms with Gasteiger partial charge >= 0.3 is 0 Å². The lowest BCUT2D eigenvalue weighted by Crippen LogP contribution is -2.39. The van der Waals surface area contributed by atoms with E-state index in [1.165, 1.54) is 11.1 Å². The zero-order valence-corrected chi connectivity index (χ0v) is 13.2. The molecule has 0 unspecified atom stereocenters. The lowest BCUT2D eigenvalue weighted by Gasteiger charge is -2.18. The van der Waals surface area contributed by atoms with Crippen molar-refractivity contribution in [3.8, 4) is 0 Å². The summed E-state index contributed by atoms with van der Waals surface area (Å²) in [6, 6.07) is 8.24. The second-order valence-corrected chi connectivity index (χ2v) is 5.40. The number of halogens is 1. The predicted octanol–water partition coefficient (Wildman–Crippen LogP) is 2.56. The van der Waals surface area contributed by atoms with Crippen LogP contribution in [0.25, 0.3) is 0 Å². The number of nitrogens with one attached hydrogen (secondary N) is 2. The summed E-state index contributed by atoms with van der Waals surface area (Å²) in [4.78, 5) is 12.4. The number of rotatable bonds is 7. The van der Waals surface area contributed by atoms with E-state index in [2.05, 4.69) is 36.6 Å². The Hall–Kier alpha value is -1.06. The van der Waals surface area contributed by atoms with Gasteiger partial charge in [-0.25, -0.2) is 0 Å². The maximum Gasteiger partial charge on any atom is 0.230 e. The molecule has 0 radical (unpaired) electrons. The molecular weight excluding hydrogens is 272 g/mol. The molecule has 0 spiro atoms. The molecular formula is C16H25ClN2O. The minimum Gasteiger partial charge on any atom is -0.354 e. The van der Waals surface area contributed by atoms with Gasteiger partial charge < -0.3 is 10.6 Å². The van der Waals surface area contributed by atoms with Crippen LogP contribution in [0.4, 0.5) is 0 Å². The van der Waals surface area contributed by atoms with E-state index in [0.29, 0.717) is 6.54 Å². The first-order valence-corrected chi connectivity index (χ1v) is 7.26. The van der Waals surface area contributed by atoms with Gasteiger partial charge in [0.15, 0.2) is 0 Å². The largest absolute Gasteiger partial charge is 0.354 e. The molecule has 1 saturated carbocycles. The number of carbonyl (C=O) groups excluding carboxylic acids is 1. The summed E-state index contributed by atoms with van der Waals surface area (Å²) in [6.07, 6.45) is 3.08. The first kappa shape index (κ1) is 17.0. The van der Waals surface area contributed by atoms with Crippen LogP contribution in [-0.2, 0) is 10.2 Å². The first-order valence-electron chi connectivity index (χ1n) is 7.26. The highest BCUT2D eigenvalue weighted by molar-refractivity contribution is 5.91. The molecule has 0 aromatic heterocycles. The van der Waals surface area contributed by atoms with E-state index in [-0.39, 0.29) is 23.7 Å². The number of amides is 1. The monoisotopic (exact) mass is 296 g/mol. The lowest BCUT2D eigenvalue weighted by molar-refractivity contribution is -0.123. The molecule has 4 heteroatoms. The van der Waals surface area contributed by atoms with Gasteiger partial charge in [0.25, 0.3) is 0 Å². The third-order valence-corrected chi connectivity index (χ3v) is 3.86. The molecule has 1 aliphatic rings. The lowest BCUT2D eigenvalue weighted by atomic mass is 9.91. The smallest absolute Gasteiger partial charge is 0.230 e. The molecule has 1 aromatic rings. The topological polar surface area (TPSA) is 41.1 Å². The van der Waals surface area contributed by atoms with E-state index >= 15 is 0 Å². The molecule has 20 heavy (non-hydrogen) atoms. The molecule has 1 fully saturated rings. The van der Waals surface area contributed by atoms with E-state index in [4.69, 9.17) is 0 Å². The fraction of sp³-hybridized carbons (Fsp3) is 0.562. The van der Waals surface area contributed by atoms with Crippen molar-refractivity contribution in [3.63, 3.8) is 0 Å². The molecule has 1 amide bonds. The SMILES string of the molecule is CCCNCCNC(=O)C1(c2ccccc2C)CC1.Cl. The Morgan fingerprint density at radius 2 is 1.90 bits per heavy atom. The minimum absolute atomic E-state index is 0. The number of benzene rings is 1. The Balaban J connectivity index is 0.00000200. The Kier molecular flexibility index (Phi) is 6.50. The zero-order chi connectivity index (χ0) is 13.7. The van der Waals surface area contributed by atoms with Crippen LogP contribution in [0.5, 0.6) is 0 Å². The van der Waals surface area contributed by atoms with Gasteiger partial charge in [0.1, 0.15) is 0 Å². The Bertz CT molecular complexity index is 444. The van der Waals surface area contributed by atoms with E-state index in [1.54, 1.807) is 0 Å². The summed E-state index contributed by atoms with van der Waals surface area (Å²) in [5, 5.41) is 6.37. The predicted molar refractivity (Wildman–Crippen MR) is 85.5 cm³/mol. The maximum atomic E-state index is 12.4. The highest BCUT2D eigenvalue weighted by Crippen LogP contribution is 2.49. The first-order chi connectivity index (χ1) is 9.20. The minimum atomic E-state index is -0.240. The third kappa shape index (κ3) is 3.74. The summed E-state index contributed by atoms with van der Waals surface area (Å²) in [7, 11) is 0. The maximum absolute atomic E-state index is 12.4. The number of hydrogen-bond acceptors (Lipinski definition) is 2. The van der Waals surface area contributed by atoms with Gasteiger partial charge in [-0.1, -0.05) is 31.2 Å². The summed E-state index contributed by atoms with van der Waals surface area (Å²) in [5.41, 5.74) is 2.18. The van der Waals surface area contributed by atoms with E-state index in [1.807, 2.05) is 12.1 Å². The van der Waals surface area contributed by atoms with Crippen molar-refractivity contribution < 1.29 is 4.79 Å². The number of aryl methyl sites for hydroxylation is 1. The van der Waals surface area contributed by atoms with Gasteiger partial charge in [-0.15, -0.1) is 12.4 Å². The molecule has 2 N–H and O–H groups in total. The fourth-order valence-electron chi connectivity index (χ4n) is 2.59. The normalized spacial score (nSPS) is 15.3. The molecule has 1 aromatic carbocycles. The summed E-state index contributed by atoms with van der Waals surface area (Å²) >= 11 is 0. The molecule has 0 heterocycles. The van der Waals surface area contributed by atoms with Crippen LogP contribution in [-0.4, -0.2) is 25.5 Å². The van der Waals surface area contributed by atoms with Crippen LogP contribution in [0.2, 0.25) is 0 Å². The van der Waals surface area contributed by atoms with Gasteiger partial charge in [0.2, 0.25) is 5.91 Å². The van der Waals surface area contributed by atoms with Crippen LogP contribution < -0.4 is 10.6 Å². The molecule has 2 rings (SSSR count). The average molecular weight is 297 g/mol. The van der Waals surface area contributed by atoms with Gasteiger partial charge in [0, 0.05) is 13.1 Å². The van der Waals surface area contributed by atoms with Gasteiger partial charge in [-0.2, -0.15) is 0 Å². The second-order valence-electron chi connectivity index (χ2n) is 5.40. The standard InChI is InChI=1S/C16H24N2O.ClH/c1-3-10-17-11-12-18-15(19)16(8-9-16)14-7-5-4-6-13(14)2;/h4-7,17H,3,8-12H2,1-2H3,(H,18,19);1H. The quantitative estimate of drug-likeness (QED) is 0.759. The fourth-order valence-corrected chi connectivity index (χ4v) is 2.59. The van der Waals surface area contributed by atoms with Crippen molar-refractivity contribution in [2.75, 3.05) is 19.6 Å². The average Bonchev–Trinajstić information content (AvgIpc) is 3.20. The summed E-state index contributed by atoms with van der Waals surface area (Å²) in [5.74, 6) is 0.195. The molecule has 112 valence electrons. The van der Waals surface area contributed by atoms with Crippen molar-refractivity contribution in [1.82, 2.24) is 10.6 Å². The zero-order valence-electron chi connectivity index (χ0n) is 12.4. The summed E-state index contributed by atoms with van der Waals surface area (Å²) < 4.78 is 0. The van der Waals surface area contributed by atoms with Crippen LogP contribution in [0.3, 0.4) is 0 Å². The highest BCUT2D eigenvalue weighted by atomic mass is 35.5. The Labute approximate surface area is 127 Å². The third-order valence-electron chi connectivity index (χ3n) is 3.86. The van der Waals surface area contributed by atoms with E-state index in [9.17, 15) is 4.79 Å². The molecule has 0 aliphatic heterocycles. The number of carbonyl (C=O) groups is 1. The molecule has 0 bridgehead atoms. The van der Waals surface area contributed by atoms with Crippen molar-refractivity contribution in [3.05, 3.63) is 35.4 Å². The van der Waals surface area contributed by atoms with E-state index < -0.39 is 0 Å². The van der Waals surface area contributed by atoms with Crippen LogP contribution >= 0.6 is 12.4 Å². The van der Waals surface area contributed by atoms with Gasteiger partial charge in [-0.3, -0.25) is 4.79 Å². The molecule has 0 saturated heterocycles. The molecule has 1 aliphatic carbocycles. The van der Waals surface area contributed by atoms with Crippen molar-refractivity contribution in [1.29, 1.82) is 0 Å². The van der Waals surface area contributed by atoms with Gasteiger partial charge in [-0.05, 0) is 43.9 Å². The Morgan fingerprint density at radius 1 is 1.20 bits per heavy atom. The molecule has 0 atom stereocenters. The van der Waals surface area contributed by atoms with Gasteiger partial charge in [0.05, 0.1) is 5.41 Å². The van der Waals surface area contributed by atoms with E-state index in [0.717, 1.165) is 32.4 Å². The summed E-state index contributed by atoms with van der Waals surface area (Å²) in [6.45, 7) is 6.81. The highest BCUT2D eigenvalue weighted by Gasteiger charge is 2.51. The molecule has 3 nitrogen and oxygen atoms in total. The van der Waals surface area contributed by atoms with Crippen molar-refractivity contribution in [2.45, 2.75) is 38.5 Å². The van der Waals surface area contributed by atoms with Crippen LogP contribution in [0, 0.1) is 6.92 Å². The van der Waals surface area contributed by atoms with Crippen LogP contribution in [0.15, 0.2) is 24.3 Å². The van der Waals surface area contributed by atoms with Crippen molar-refractivity contribution >= 4 is 18.3 Å². The number of hydrogen-bond donors (Lipinski definition) is 2. The van der Waals surface area contributed by atoms with Crippen molar-refractivity contribution in [2.24, 2.45) is 0 Å². The van der Waals surface area contributed by atoms with Crippen LogP contribution in [0.1, 0.15) is 37.3 Å². The second kappa shape index (κ2) is 7.65.